The molecule has 0 bridgehead atoms. The fourth-order valence-corrected chi connectivity index (χ4v) is 3.09. The minimum atomic E-state index is 0.224. The van der Waals surface area contributed by atoms with Crippen LogP contribution in [-0.2, 0) is 4.79 Å². The normalized spacial score (nSPS) is 16.6. The van der Waals surface area contributed by atoms with E-state index in [9.17, 15) is 4.79 Å². The van der Waals surface area contributed by atoms with Gasteiger partial charge in [-0.15, -0.1) is 0 Å². The van der Waals surface area contributed by atoms with Crippen molar-refractivity contribution in [3.8, 4) is 0 Å². The maximum Gasteiger partial charge on any atom is 0.133 e. The standard InChI is InChI=1S/C15H16BrN3O/c1-10(20)11-3-6-19(7-4-11)14-2-5-17-13-8-12(16)9-18-15(13)14/h2,5,8-9,11H,3-4,6-7H2,1H3. The Hall–Kier alpha value is -1.49. The van der Waals surface area contributed by atoms with Crippen molar-refractivity contribution in [2.75, 3.05) is 18.0 Å². The molecule has 1 saturated heterocycles. The fourth-order valence-electron chi connectivity index (χ4n) is 2.77. The molecule has 0 spiro atoms. The van der Waals surface area contributed by atoms with Crippen LogP contribution in [0.15, 0.2) is 29.0 Å². The first kappa shape index (κ1) is 13.5. The molecule has 2 aromatic rings. The van der Waals surface area contributed by atoms with Crippen LogP contribution >= 0.6 is 15.9 Å². The second-order valence-electron chi connectivity index (χ2n) is 5.22. The molecule has 5 heteroatoms. The number of aromatic nitrogens is 2. The van der Waals surface area contributed by atoms with Gasteiger partial charge in [-0.2, -0.15) is 0 Å². The maximum atomic E-state index is 11.4. The lowest BCUT2D eigenvalue weighted by Crippen LogP contribution is -2.35. The zero-order chi connectivity index (χ0) is 14.1. The largest absolute Gasteiger partial charge is 0.370 e. The van der Waals surface area contributed by atoms with Crippen LogP contribution in [0.2, 0.25) is 0 Å². The molecular weight excluding hydrogens is 318 g/mol. The van der Waals surface area contributed by atoms with Crippen molar-refractivity contribution in [1.82, 2.24) is 9.97 Å². The van der Waals surface area contributed by atoms with Crippen molar-refractivity contribution in [2.45, 2.75) is 19.8 Å². The molecule has 0 N–H and O–H groups in total. The van der Waals surface area contributed by atoms with E-state index in [4.69, 9.17) is 0 Å². The molecule has 2 aromatic heterocycles. The van der Waals surface area contributed by atoms with E-state index in [1.165, 1.54) is 0 Å². The van der Waals surface area contributed by atoms with Gasteiger partial charge >= 0.3 is 0 Å². The molecule has 0 atom stereocenters. The number of hydrogen-bond donors (Lipinski definition) is 0. The van der Waals surface area contributed by atoms with Gasteiger partial charge in [0.1, 0.15) is 11.3 Å². The molecule has 1 fully saturated rings. The van der Waals surface area contributed by atoms with Gasteiger partial charge < -0.3 is 4.90 Å². The summed E-state index contributed by atoms with van der Waals surface area (Å²) in [6.45, 7) is 3.50. The first-order valence-corrected chi connectivity index (χ1v) is 7.60. The Balaban J connectivity index is 1.90. The first-order chi connectivity index (χ1) is 9.65. The number of carbonyl (C=O) groups excluding carboxylic acids is 1. The Morgan fingerprint density at radius 3 is 2.80 bits per heavy atom. The van der Waals surface area contributed by atoms with E-state index >= 15 is 0 Å². The fraction of sp³-hybridized carbons (Fsp3) is 0.400. The summed E-state index contributed by atoms with van der Waals surface area (Å²) in [4.78, 5) is 22.6. The molecule has 0 unspecified atom stereocenters. The third-order valence-electron chi connectivity index (χ3n) is 3.93. The van der Waals surface area contributed by atoms with Crippen molar-refractivity contribution in [3.63, 3.8) is 0 Å². The number of ketones is 1. The molecule has 3 heterocycles. The highest BCUT2D eigenvalue weighted by molar-refractivity contribution is 9.10. The molecule has 4 nitrogen and oxygen atoms in total. The molecule has 0 radical (unpaired) electrons. The third-order valence-corrected chi connectivity index (χ3v) is 4.37. The Kier molecular flexibility index (Phi) is 3.70. The Bertz CT molecular complexity index is 651. The summed E-state index contributed by atoms with van der Waals surface area (Å²) in [5, 5.41) is 0. The van der Waals surface area contributed by atoms with E-state index in [0.29, 0.717) is 5.78 Å². The van der Waals surface area contributed by atoms with E-state index in [0.717, 1.165) is 47.1 Å². The lowest BCUT2D eigenvalue weighted by Gasteiger charge is -2.32. The summed E-state index contributed by atoms with van der Waals surface area (Å²) in [5.74, 6) is 0.535. The predicted molar refractivity (Wildman–Crippen MR) is 82.9 cm³/mol. The molecule has 0 aliphatic carbocycles. The van der Waals surface area contributed by atoms with Crippen molar-refractivity contribution in [1.29, 1.82) is 0 Å². The number of pyridine rings is 2. The maximum absolute atomic E-state index is 11.4. The van der Waals surface area contributed by atoms with Crippen LogP contribution in [0.25, 0.3) is 11.0 Å². The van der Waals surface area contributed by atoms with E-state index in [1.54, 1.807) is 13.1 Å². The van der Waals surface area contributed by atoms with Gasteiger partial charge in [-0.1, -0.05) is 0 Å². The number of halogens is 1. The summed E-state index contributed by atoms with van der Waals surface area (Å²) >= 11 is 3.42. The second kappa shape index (κ2) is 5.48. The third kappa shape index (κ3) is 2.54. The van der Waals surface area contributed by atoms with Gasteiger partial charge in [-0.25, -0.2) is 0 Å². The van der Waals surface area contributed by atoms with Crippen LogP contribution in [0, 0.1) is 5.92 Å². The van der Waals surface area contributed by atoms with Crippen LogP contribution in [-0.4, -0.2) is 28.8 Å². The summed E-state index contributed by atoms with van der Waals surface area (Å²) in [5.41, 5.74) is 2.94. The molecule has 0 amide bonds. The van der Waals surface area contributed by atoms with E-state index < -0.39 is 0 Å². The first-order valence-electron chi connectivity index (χ1n) is 6.81. The van der Waals surface area contributed by atoms with Crippen LogP contribution in [0.1, 0.15) is 19.8 Å². The monoisotopic (exact) mass is 333 g/mol. The molecular formula is C15H16BrN3O. The average molecular weight is 334 g/mol. The van der Waals surface area contributed by atoms with Crippen LogP contribution in [0.4, 0.5) is 5.69 Å². The number of carbonyl (C=O) groups is 1. The predicted octanol–water partition coefficient (Wildman–Crippen LogP) is 3.20. The lowest BCUT2D eigenvalue weighted by molar-refractivity contribution is -0.121. The van der Waals surface area contributed by atoms with Gasteiger partial charge in [0.05, 0.1) is 11.2 Å². The molecule has 3 rings (SSSR count). The highest BCUT2D eigenvalue weighted by atomic mass is 79.9. The number of rotatable bonds is 2. The molecule has 1 aliphatic heterocycles. The summed E-state index contributed by atoms with van der Waals surface area (Å²) in [6.07, 6.45) is 5.48. The van der Waals surface area contributed by atoms with Crippen molar-refractivity contribution >= 4 is 38.4 Å². The van der Waals surface area contributed by atoms with Gasteiger partial charge in [-0.05, 0) is 47.8 Å². The van der Waals surface area contributed by atoms with E-state index in [2.05, 4.69) is 30.8 Å². The van der Waals surface area contributed by atoms with E-state index in [1.807, 2.05) is 18.3 Å². The molecule has 0 saturated carbocycles. The number of nitrogens with zero attached hydrogens (tertiary/aromatic N) is 3. The lowest BCUT2D eigenvalue weighted by atomic mass is 9.93. The Labute approximate surface area is 126 Å². The quantitative estimate of drug-likeness (QED) is 0.846. The highest BCUT2D eigenvalue weighted by Gasteiger charge is 2.23. The topological polar surface area (TPSA) is 46.1 Å². The zero-order valence-electron chi connectivity index (χ0n) is 11.3. The number of Topliss-reactive ketones (excluding diaryl/α,β-unsaturated/α-hetero) is 1. The van der Waals surface area contributed by atoms with Crippen molar-refractivity contribution in [2.24, 2.45) is 5.92 Å². The smallest absolute Gasteiger partial charge is 0.133 e. The number of anilines is 1. The van der Waals surface area contributed by atoms with Gasteiger partial charge in [-0.3, -0.25) is 14.8 Å². The molecule has 1 aliphatic rings. The number of hydrogen-bond acceptors (Lipinski definition) is 4. The Morgan fingerprint density at radius 2 is 2.10 bits per heavy atom. The minimum Gasteiger partial charge on any atom is -0.370 e. The van der Waals surface area contributed by atoms with Crippen molar-refractivity contribution < 1.29 is 4.79 Å². The molecule has 20 heavy (non-hydrogen) atoms. The summed E-state index contributed by atoms with van der Waals surface area (Å²) in [6, 6.07) is 3.99. The van der Waals surface area contributed by atoms with Crippen LogP contribution in [0.5, 0.6) is 0 Å². The van der Waals surface area contributed by atoms with Crippen molar-refractivity contribution in [3.05, 3.63) is 29.0 Å². The highest BCUT2D eigenvalue weighted by Crippen LogP contribution is 2.29. The minimum absolute atomic E-state index is 0.224. The summed E-state index contributed by atoms with van der Waals surface area (Å²) < 4.78 is 0.935. The van der Waals surface area contributed by atoms with Gasteiger partial charge in [0.25, 0.3) is 0 Å². The number of piperidine rings is 1. The van der Waals surface area contributed by atoms with Gasteiger partial charge in [0.2, 0.25) is 0 Å². The number of fused-ring (bicyclic) bond motifs is 1. The van der Waals surface area contributed by atoms with Crippen LogP contribution in [0.3, 0.4) is 0 Å². The van der Waals surface area contributed by atoms with E-state index in [-0.39, 0.29) is 5.92 Å². The molecule has 104 valence electrons. The Morgan fingerprint density at radius 1 is 1.35 bits per heavy atom. The van der Waals surface area contributed by atoms with Gasteiger partial charge in [0, 0.05) is 35.9 Å². The molecule has 0 aromatic carbocycles. The second-order valence-corrected chi connectivity index (χ2v) is 6.14. The summed E-state index contributed by atoms with van der Waals surface area (Å²) in [7, 11) is 0. The zero-order valence-corrected chi connectivity index (χ0v) is 12.9. The van der Waals surface area contributed by atoms with Crippen LogP contribution < -0.4 is 4.90 Å². The SMILES string of the molecule is CC(=O)C1CCN(c2ccnc3cc(Br)cnc23)CC1. The van der Waals surface area contributed by atoms with Gasteiger partial charge in [0.15, 0.2) is 0 Å². The average Bonchev–Trinajstić information content (AvgIpc) is 2.46.